The first-order valence-electron chi connectivity index (χ1n) is 7.92. The van der Waals surface area contributed by atoms with Gasteiger partial charge in [0.25, 0.3) is 0 Å². The monoisotopic (exact) mass is 362 g/mol. The number of hydrogen-bond acceptors (Lipinski definition) is 5. The minimum absolute atomic E-state index is 0.126. The van der Waals surface area contributed by atoms with Crippen molar-refractivity contribution in [2.45, 2.75) is 6.54 Å². The number of rotatable bonds is 3. The summed E-state index contributed by atoms with van der Waals surface area (Å²) in [6.07, 6.45) is 3.24. The molecule has 0 fully saturated rings. The first kappa shape index (κ1) is 16.2. The van der Waals surface area contributed by atoms with E-state index in [0.29, 0.717) is 17.3 Å². The Hall–Kier alpha value is -3.32. The van der Waals surface area contributed by atoms with Gasteiger partial charge in [0.1, 0.15) is 6.34 Å². The van der Waals surface area contributed by atoms with Gasteiger partial charge in [0, 0.05) is 5.56 Å². The summed E-state index contributed by atoms with van der Waals surface area (Å²) < 4.78 is 0. The van der Waals surface area contributed by atoms with Crippen molar-refractivity contribution in [1.29, 1.82) is 0 Å². The van der Waals surface area contributed by atoms with E-state index in [1.54, 1.807) is 6.08 Å². The van der Waals surface area contributed by atoms with Crippen molar-refractivity contribution in [3.05, 3.63) is 84.8 Å². The molecular weight excluding hydrogens is 348 g/mol. The predicted molar refractivity (Wildman–Crippen MR) is 103 cm³/mol. The SMILES string of the molecule is O=c1[nH]c(O)c(/C=c2\ccc3c(c2)C(=NCc2ccccc2)N=CN=3)s1. The summed E-state index contributed by atoms with van der Waals surface area (Å²) in [6.45, 7) is 0.529. The van der Waals surface area contributed by atoms with Crippen molar-refractivity contribution >= 4 is 29.6 Å². The van der Waals surface area contributed by atoms with Gasteiger partial charge in [-0.25, -0.2) is 9.98 Å². The van der Waals surface area contributed by atoms with E-state index in [4.69, 9.17) is 0 Å². The molecule has 0 saturated carbocycles. The van der Waals surface area contributed by atoms with Crippen molar-refractivity contribution < 1.29 is 5.11 Å². The average molecular weight is 362 g/mol. The highest BCUT2D eigenvalue weighted by Gasteiger charge is 2.09. The molecule has 1 aromatic heterocycles. The summed E-state index contributed by atoms with van der Waals surface area (Å²) >= 11 is 0.955. The van der Waals surface area contributed by atoms with E-state index in [1.165, 1.54) is 6.34 Å². The number of aliphatic imine (C=N–C) groups is 2. The molecule has 2 N–H and O–H groups in total. The van der Waals surface area contributed by atoms with E-state index in [1.807, 2.05) is 48.5 Å². The van der Waals surface area contributed by atoms with Gasteiger partial charge in [0.15, 0.2) is 5.84 Å². The third-order valence-electron chi connectivity index (χ3n) is 3.85. The van der Waals surface area contributed by atoms with Crippen molar-refractivity contribution in [2.24, 2.45) is 15.0 Å². The van der Waals surface area contributed by atoms with Gasteiger partial charge in [0.2, 0.25) is 5.88 Å². The molecule has 0 saturated heterocycles. The molecule has 6 nitrogen and oxygen atoms in total. The minimum atomic E-state index is -0.295. The molecule has 128 valence electrons. The van der Waals surface area contributed by atoms with Gasteiger partial charge in [-0.15, -0.1) is 0 Å². The maximum absolute atomic E-state index is 11.3. The fourth-order valence-electron chi connectivity index (χ4n) is 2.61. The lowest BCUT2D eigenvalue weighted by Gasteiger charge is -2.06. The molecule has 0 bridgehead atoms. The van der Waals surface area contributed by atoms with E-state index in [0.717, 1.165) is 33.0 Å². The van der Waals surface area contributed by atoms with Crippen LogP contribution in [-0.4, -0.2) is 22.3 Å². The van der Waals surface area contributed by atoms with Gasteiger partial charge in [0.05, 0.1) is 16.8 Å². The van der Waals surface area contributed by atoms with Crippen LogP contribution in [0.5, 0.6) is 5.88 Å². The van der Waals surface area contributed by atoms with E-state index in [9.17, 15) is 9.90 Å². The number of aromatic hydroxyl groups is 1. The van der Waals surface area contributed by atoms with Gasteiger partial charge in [-0.1, -0.05) is 47.7 Å². The molecule has 7 heteroatoms. The lowest BCUT2D eigenvalue weighted by Crippen LogP contribution is -2.22. The van der Waals surface area contributed by atoms with Crippen molar-refractivity contribution in [3.63, 3.8) is 0 Å². The molecule has 0 radical (unpaired) electrons. The maximum atomic E-state index is 11.3. The molecule has 0 amide bonds. The number of nitrogens with zero attached hydrogens (tertiary/aromatic N) is 3. The molecule has 0 spiro atoms. The standard InChI is InChI=1S/C19H14N4O2S/c24-18-16(26-19(25)23-18)9-13-6-7-15-14(8-13)17(22-11-21-15)20-10-12-4-2-1-3-5-12/h1-9,11,24H,10H2,(H,23,25)/b13-9+,20-17?. The second kappa shape index (κ2) is 6.89. The topological polar surface area (TPSA) is 90.2 Å². The summed E-state index contributed by atoms with van der Waals surface area (Å²) in [7, 11) is 0. The Balaban J connectivity index is 1.74. The number of amidine groups is 1. The lowest BCUT2D eigenvalue weighted by atomic mass is 10.1. The Morgan fingerprint density at radius 3 is 2.81 bits per heavy atom. The van der Waals surface area contributed by atoms with Gasteiger partial charge in [-0.05, 0) is 29.0 Å². The highest BCUT2D eigenvalue weighted by atomic mass is 32.1. The van der Waals surface area contributed by atoms with E-state index in [-0.39, 0.29) is 10.8 Å². The van der Waals surface area contributed by atoms with Crippen LogP contribution >= 0.6 is 11.3 Å². The Morgan fingerprint density at radius 2 is 2.04 bits per heavy atom. The highest BCUT2D eigenvalue weighted by Crippen LogP contribution is 2.15. The molecule has 0 aliphatic carbocycles. The lowest BCUT2D eigenvalue weighted by molar-refractivity contribution is 0.455. The number of fused-ring (bicyclic) bond motifs is 1. The molecule has 26 heavy (non-hydrogen) atoms. The quantitative estimate of drug-likeness (QED) is 0.741. The molecule has 0 unspecified atom stereocenters. The zero-order valence-corrected chi connectivity index (χ0v) is 14.4. The molecular formula is C19H14N4O2S. The highest BCUT2D eigenvalue weighted by molar-refractivity contribution is 7.10. The predicted octanol–water partition coefficient (Wildman–Crippen LogP) is 1.58. The molecule has 1 aliphatic heterocycles. The van der Waals surface area contributed by atoms with Gasteiger partial charge in [-0.2, -0.15) is 0 Å². The number of nitrogens with one attached hydrogen (secondary N) is 1. The van der Waals surface area contributed by atoms with Gasteiger partial charge in [-0.3, -0.25) is 14.8 Å². The second-order valence-electron chi connectivity index (χ2n) is 5.65. The number of aromatic amines is 1. The Bertz CT molecular complexity index is 1190. The maximum Gasteiger partial charge on any atom is 0.307 e. The molecule has 0 atom stereocenters. The molecule has 2 heterocycles. The Morgan fingerprint density at radius 1 is 1.19 bits per heavy atom. The third-order valence-corrected chi connectivity index (χ3v) is 4.67. The van der Waals surface area contributed by atoms with Crippen LogP contribution in [-0.2, 0) is 6.54 Å². The van der Waals surface area contributed by atoms with Crippen LogP contribution in [0.1, 0.15) is 16.0 Å². The largest absolute Gasteiger partial charge is 0.493 e. The van der Waals surface area contributed by atoms with E-state index < -0.39 is 0 Å². The molecule has 2 aromatic carbocycles. The Kier molecular flexibility index (Phi) is 4.28. The number of H-pyrrole nitrogens is 1. The first-order valence-corrected chi connectivity index (χ1v) is 8.74. The smallest absolute Gasteiger partial charge is 0.307 e. The van der Waals surface area contributed by atoms with Gasteiger partial charge >= 0.3 is 4.87 Å². The van der Waals surface area contributed by atoms with E-state index >= 15 is 0 Å². The normalized spacial score (nSPS) is 15.1. The summed E-state index contributed by atoms with van der Waals surface area (Å²) in [5.41, 5.74) is 1.92. The van der Waals surface area contributed by atoms with Crippen LogP contribution < -0.4 is 15.4 Å². The van der Waals surface area contributed by atoms with Crippen LogP contribution in [0, 0.1) is 0 Å². The zero-order chi connectivity index (χ0) is 17.9. The van der Waals surface area contributed by atoms with Gasteiger partial charge < -0.3 is 5.11 Å². The third kappa shape index (κ3) is 3.38. The average Bonchev–Trinajstić information content (AvgIpc) is 2.98. The van der Waals surface area contributed by atoms with Crippen molar-refractivity contribution in [1.82, 2.24) is 4.98 Å². The van der Waals surface area contributed by atoms with Crippen LogP contribution in [0.2, 0.25) is 0 Å². The summed E-state index contributed by atoms with van der Waals surface area (Å²) in [5, 5.41) is 11.4. The fraction of sp³-hybridized carbons (Fsp3) is 0.0526. The summed E-state index contributed by atoms with van der Waals surface area (Å²) in [5.74, 6) is 0.485. The zero-order valence-electron chi connectivity index (χ0n) is 13.6. The van der Waals surface area contributed by atoms with Crippen LogP contribution in [0.4, 0.5) is 0 Å². The van der Waals surface area contributed by atoms with Crippen LogP contribution in [0.15, 0.2) is 68.3 Å². The first-order chi connectivity index (χ1) is 12.7. The van der Waals surface area contributed by atoms with Crippen molar-refractivity contribution in [2.75, 3.05) is 0 Å². The summed E-state index contributed by atoms with van der Waals surface area (Å²) in [6, 6.07) is 15.6. The van der Waals surface area contributed by atoms with E-state index in [2.05, 4.69) is 20.0 Å². The minimum Gasteiger partial charge on any atom is -0.493 e. The number of benzene rings is 2. The second-order valence-corrected chi connectivity index (χ2v) is 6.66. The fourth-order valence-corrected chi connectivity index (χ4v) is 3.30. The molecule has 1 aliphatic rings. The number of hydrogen-bond donors (Lipinski definition) is 2. The van der Waals surface area contributed by atoms with Crippen molar-refractivity contribution in [3.8, 4) is 5.88 Å². The Labute approximate surface area is 152 Å². The number of thiazole rings is 1. The molecule has 3 aromatic rings. The van der Waals surface area contributed by atoms with Crippen LogP contribution in [0.25, 0.3) is 6.08 Å². The number of aromatic nitrogens is 1. The summed E-state index contributed by atoms with van der Waals surface area (Å²) in [4.78, 5) is 27.1. The van der Waals surface area contributed by atoms with Crippen LogP contribution in [0.3, 0.4) is 0 Å². The molecule has 4 rings (SSSR count).